The zero-order chi connectivity index (χ0) is 11.5. The molecule has 4 N–H and O–H groups in total. The molecule has 4 heteroatoms. The zero-order valence-corrected chi connectivity index (χ0v) is 9.83. The van der Waals surface area contributed by atoms with Gasteiger partial charge in [0, 0.05) is 12.6 Å². The fraction of sp³-hybridized carbons (Fsp3) is 0.909. The average Bonchev–Trinajstić information content (AvgIpc) is 2.18. The molecule has 1 rings (SSSR count). The Bertz CT molecular complexity index is 222. The van der Waals surface area contributed by atoms with Crippen LogP contribution in [-0.4, -0.2) is 36.0 Å². The number of amides is 1. The van der Waals surface area contributed by atoms with Gasteiger partial charge in [-0.05, 0) is 26.8 Å². The summed E-state index contributed by atoms with van der Waals surface area (Å²) in [7, 11) is 2.03. The SMILES string of the molecule is CN(CC(C)(N)C(N)=O)C1CCCCC1. The van der Waals surface area contributed by atoms with Gasteiger partial charge < -0.3 is 16.4 Å². The van der Waals surface area contributed by atoms with Gasteiger partial charge in [-0.1, -0.05) is 19.3 Å². The first kappa shape index (κ1) is 12.5. The molecule has 1 fully saturated rings. The number of carbonyl (C=O) groups is 1. The maximum absolute atomic E-state index is 11.1. The fourth-order valence-electron chi connectivity index (χ4n) is 2.25. The normalized spacial score (nSPS) is 22.7. The number of primary amides is 1. The highest BCUT2D eigenvalue weighted by molar-refractivity contribution is 5.84. The Morgan fingerprint density at radius 3 is 2.40 bits per heavy atom. The van der Waals surface area contributed by atoms with Gasteiger partial charge in [-0.15, -0.1) is 0 Å². The van der Waals surface area contributed by atoms with Crippen LogP contribution in [-0.2, 0) is 4.79 Å². The first-order chi connectivity index (χ1) is 6.93. The van der Waals surface area contributed by atoms with Gasteiger partial charge in [-0.2, -0.15) is 0 Å². The summed E-state index contributed by atoms with van der Waals surface area (Å²) < 4.78 is 0. The van der Waals surface area contributed by atoms with Crippen LogP contribution < -0.4 is 11.5 Å². The van der Waals surface area contributed by atoms with Crippen molar-refractivity contribution in [3.8, 4) is 0 Å². The number of carbonyl (C=O) groups excluding carboxylic acids is 1. The first-order valence-electron chi connectivity index (χ1n) is 5.72. The van der Waals surface area contributed by atoms with E-state index < -0.39 is 11.4 Å². The van der Waals surface area contributed by atoms with Crippen molar-refractivity contribution < 1.29 is 4.79 Å². The van der Waals surface area contributed by atoms with Crippen LogP contribution in [0.3, 0.4) is 0 Å². The molecule has 1 amide bonds. The van der Waals surface area contributed by atoms with Crippen LogP contribution in [0.15, 0.2) is 0 Å². The van der Waals surface area contributed by atoms with Crippen molar-refractivity contribution in [1.82, 2.24) is 4.90 Å². The molecule has 1 aliphatic rings. The molecule has 15 heavy (non-hydrogen) atoms. The Hall–Kier alpha value is -0.610. The molecular weight excluding hydrogens is 190 g/mol. The number of hydrogen-bond acceptors (Lipinski definition) is 3. The van der Waals surface area contributed by atoms with E-state index in [1.807, 2.05) is 7.05 Å². The molecule has 0 aromatic carbocycles. The highest BCUT2D eigenvalue weighted by Crippen LogP contribution is 2.22. The summed E-state index contributed by atoms with van der Waals surface area (Å²) in [6.07, 6.45) is 6.33. The molecule has 4 nitrogen and oxygen atoms in total. The topological polar surface area (TPSA) is 72.3 Å². The van der Waals surface area contributed by atoms with E-state index in [9.17, 15) is 4.79 Å². The lowest BCUT2D eigenvalue weighted by atomic mass is 9.93. The van der Waals surface area contributed by atoms with Crippen molar-refractivity contribution in [2.45, 2.75) is 50.6 Å². The second kappa shape index (κ2) is 4.94. The monoisotopic (exact) mass is 213 g/mol. The van der Waals surface area contributed by atoms with Crippen LogP contribution in [0.5, 0.6) is 0 Å². The summed E-state index contributed by atoms with van der Waals surface area (Å²) in [5, 5.41) is 0. The molecule has 1 saturated carbocycles. The van der Waals surface area contributed by atoms with E-state index in [1.54, 1.807) is 6.92 Å². The third-order valence-corrected chi connectivity index (χ3v) is 3.34. The van der Waals surface area contributed by atoms with Gasteiger partial charge in [0.2, 0.25) is 5.91 Å². The lowest BCUT2D eigenvalue weighted by molar-refractivity contribution is -0.123. The van der Waals surface area contributed by atoms with Crippen LogP contribution in [0.4, 0.5) is 0 Å². The van der Waals surface area contributed by atoms with Gasteiger partial charge in [0.1, 0.15) is 5.54 Å². The zero-order valence-electron chi connectivity index (χ0n) is 9.83. The van der Waals surface area contributed by atoms with E-state index in [0.717, 1.165) is 0 Å². The van der Waals surface area contributed by atoms with Crippen molar-refractivity contribution in [2.24, 2.45) is 11.5 Å². The van der Waals surface area contributed by atoms with Crippen molar-refractivity contribution in [2.75, 3.05) is 13.6 Å². The summed E-state index contributed by atoms with van der Waals surface area (Å²) in [5.41, 5.74) is 10.2. The number of likely N-dealkylation sites (N-methyl/N-ethyl adjacent to an activating group) is 1. The van der Waals surface area contributed by atoms with E-state index in [1.165, 1.54) is 32.1 Å². The molecule has 0 heterocycles. The average molecular weight is 213 g/mol. The maximum Gasteiger partial charge on any atom is 0.238 e. The van der Waals surface area contributed by atoms with Crippen molar-refractivity contribution in [3.63, 3.8) is 0 Å². The lowest BCUT2D eigenvalue weighted by Gasteiger charge is -2.35. The molecule has 0 aromatic rings. The van der Waals surface area contributed by atoms with E-state index in [4.69, 9.17) is 11.5 Å². The Labute approximate surface area is 92.0 Å². The smallest absolute Gasteiger partial charge is 0.238 e. The Kier molecular flexibility index (Phi) is 4.11. The van der Waals surface area contributed by atoms with Crippen LogP contribution >= 0.6 is 0 Å². The Morgan fingerprint density at radius 1 is 1.40 bits per heavy atom. The largest absolute Gasteiger partial charge is 0.368 e. The molecule has 1 aliphatic carbocycles. The summed E-state index contributed by atoms with van der Waals surface area (Å²) in [4.78, 5) is 13.3. The minimum Gasteiger partial charge on any atom is -0.368 e. The van der Waals surface area contributed by atoms with Gasteiger partial charge in [0.25, 0.3) is 0 Å². The van der Waals surface area contributed by atoms with Crippen molar-refractivity contribution >= 4 is 5.91 Å². The van der Waals surface area contributed by atoms with E-state index >= 15 is 0 Å². The van der Waals surface area contributed by atoms with Crippen LogP contribution in [0, 0.1) is 0 Å². The predicted molar refractivity (Wildman–Crippen MR) is 61.3 cm³/mol. The second-order valence-corrected chi connectivity index (χ2v) is 4.99. The predicted octanol–water partition coefficient (Wildman–Crippen LogP) is 0.454. The molecule has 1 unspecified atom stereocenters. The van der Waals surface area contributed by atoms with Gasteiger partial charge >= 0.3 is 0 Å². The van der Waals surface area contributed by atoms with Gasteiger partial charge in [-0.3, -0.25) is 4.79 Å². The quantitative estimate of drug-likeness (QED) is 0.712. The fourth-order valence-corrected chi connectivity index (χ4v) is 2.25. The molecule has 0 aliphatic heterocycles. The standard InChI is InChI=1S/C11H23N3O/c1-11(13,10(12)15)8-14(2)9-6-4-3-5-7-9/h9H,3-8,13H2,1-2H3,(H2,12,15). The summed E-state index contributed by atoms with van der Waals surface area (Å²) in [6.45, 7) is 2.25. The summed E-state index contributed by atoms with van der Waals surface area (Å²) in [5.74, 6) is -0.426. The highest BCUT2D eigenvalue weighted by Gasteiger charge is 2.30. The van der Waals surface area contributed by atoms with E-state index in [-0.39, 0.29) is 0 Å². The van der Waals surface area contributed by atoms with Gasteiger partial charge in [0.15, 0.2) is 0 Å². The Balaban J connectivity index is 2.46. The number of hydrogen-bond donors (Lipinski definition) is 2. The third kappa shape index (κ3) is 3.47. The number of nitrogens with zero attached hydrogens (tertiary/aromatic N) is 1. The molecule has 0 bridgehead atoms. The molecule has 0 radical (unpaired) electrons. The molecule has 88 valence electrons. The number of nitrogens with two attached hydrogens (primary N) is 2. The van der Waals surface area contributed by atoms with Crippen molar-refractivity contribution in [3.05, 3.63) is 0 Å². The molecular formula is C11H23N3O. The number of rotatable bonds is 4. The highest BCUT2D eigenvalue weighted by atomic mass is 16.1. The van der Waals surface area contributed by atoms with E-state index in [2.05, 4.69) is 4.90 Å². The Morgan fingerprint density at radius 2 is 1.93 bits per heavy atom. The van der Waals surface area contributed by atoms with Crippen LogP contribution in [0.2, 0.25) is 0 Å². The molecule has 1 atom stereocenters. The first-order valence-corrected chi connectivity index (χ1v) is 5.72. The third-order valence-electron chi connectivity index (χ3n) is 3.34. The van der Waals surface area contributed by atoms with Crippen LogP contribution in [0.1, 0.15) is 39.0 Å². The molecule has 0 aromatic heterocycles. The van der Waals surface area contributed by atoms with Gasteiger partial charge in [0.05, 0.1) is 0 Å². The van der Waals surface area contributed by atoms with Crippen molar-refractivity contribution in [1.29, 1.82) is 0 Å². The van der Waals surface area contributed by atoms with Gasteiger partial charge in [-0.25, -0.2) is 0 Å². The minimum atomic E-state index is -0.911. The second-order valence-electron chi connectivity index (χ2n) is 4.99. The molecule has 0 saturated heterocycles. The minimum absolute atomic E-state index is 0.426. The summed E-state index contributed by atoms with van der Waals surface area (Å²) in [6, 6.07) is 0.570. The summed E-state index contributed by atoms with van der Waals surface area (Å²) >= 11 is 0. The lowest BCUT2D eigenvalue weighted by Crippen LogP contribution is -2.57. The van der Waals surface area contributed by atoms with Crippen LogP contribution in [0.25, 0.3) is 0 Å². The van der Waals surface area contributed by atoms with E-state index in [0.29, 0.717) is 12.6 Å². The maximum atomic E-state index is 11.1. The molecule has 0 spiro atoms.